The molecule has 0 radical (unpaired) electrons. The second kappa shape index (κ2) is 5.14. The Morgan fingerprint density at radius 1 is 1.35 bits per heavy atom. The molecule has 17 heavy (non-hydrogen) atoms. The Kier molecular flexibility index (Phi) is 3.79. The maximum atomic E-state index is 5.94. The molecule has 0 atom stereocenters. The summed E-state index contributed by atoms with van der Waals surface area (Å²) in [4.78, 5) is 8.93. The minimum Gasteiger partial charge on any atom is -0.383 e. The lowest BCUT2D eigenvalue weighted by Gasteiger charge is -2.09. The number of nitrogens with zero attached hydrogens (tertiary/aromatic N) is 2. The van der Waals surface area contributed by atoms with Crippen LogP contribution in [0.5, 0.6) is 0 Å². The normalized spacial score (nSPS) is 10.8. The molecule has 0 aliphatic heterocycles. The molecule has 3 nitrogen and oxygen atoms in total. The van der Waals surface area contributed by atoms with Crippen LogP contribution in [0.4, 0.5) is 5.82 Å². The number of nitrogens with two attached hydrogens (primary N) is 1. The quantitative estimate of drug-likeness (QED) is 0.937. The van der Waals surface area contributed by atoms with Crippen molar-refractivity contribution in [2.45, 2.75) is 26.7 Å². The first kappa shape index (κ1) is 12.5. The Morgan fingerprint density at radius 3 is 2.71 bits per heavy atom. The first-order valence-corrected chi connectivity index (χ1v) is 7.22. The van der Waals surface area contributed by atoms with Gasteiger partial charge in [-0.2, -0.15) is 11.3 Å². The van der Waals surface area contributed by atoms with Crippen molar-refractivity contribution in [1.29, 1.82) is 0 Å². The Morgan fingerprint density at radius 2 is 2.12 bits per heavy atom. The van der Waals surface area contributed by atoms with Gasteiger partial charge in [-0.3, -0.25) is 0 Å². The monoisotopic (exact) mass is 311 g/mol. The summed E-state index contributed by atoms with van der Waals surface area (Å²) >= 11 is 5.18. The number of hydrogen-bond acceptors (Lipinski definition) is 4. The van der Waals surface area contributed by atoms with Gasteiger partial charge in [0.15, 0.2) is 0 Å². The number of hydrogen-bond donors (Lipinski definition) is 1. The lowest BCUT2D eigenvalue weighted by Crippen LogP contribution is -2.04. The van der Waals surface area contributed by atoms with Crippen LogP contribution >= 0.6 is 27.3 Å². The zero-order valence-corrected chi connectivity index (χ0v) is 12.2. The summed E-state index contributed by atoms with van der Waals surface area (Å²) in [7, 11) is 0. The SMILES string of the molecule is CCCc1nc(N)c(C)c(-c2cscc2Br)n1. The molecule has 2 heterocycles. The van der Waals surface area contributed by atoms with Crippen LogP contribution in [0.2, 0.25) is 0 Å². The molecular formula is C12H14BrN3S. The highest BCUT2D eigenvalue weighted by molar-refractivity contribution is 9.10. The fraction of sp³-hybridized carbons (Fsp3) is 0.333. The number of halogens is 1. The number of aromatic nitrogens is 2. The summed E-state index contributed by atoms with van der Waals surface area (Å²) in [6.07, 6.45) is 1.88. The molecule has 0 bridgehead atoms. The van der Waals surface area contributed by atoms with E-state index in [1.54, 1.807) is 11.3 Å². The van der Waals surface area contributed by atoms with E-state index in [2.05, 4.69) is 38.2 Å². The van der Waals surface area contributed by atoms with Crippen LogP contribution in [0, 0.1) is 6.92 Å². The number of aryl methyl sites for hydroxylation is 1. The van der Waals surface area contributed by atoms with Crippen LogP contribution in [0.1, 0.15) is 24.7 Å². The largest absolute Gasteiger partial charge is 0.383 e. The average Bonchev–Trinajstić information content (AvgIpc) is 2.70. The second-order valence-electron chi connectivity index (χ2n) is 3.88. The second-order valence-corrected chi connectivity index (χ2v) is 5.48. The van der Waals surface area contributed by atoms with Gasteiger partial charge in [-0.25, -0.2) is 9.97 Å². The van der Waals surface area contributed by atoms with Crippen LogP contribution in [-0.4, -0.2) is 9.97 Å². The van der Waals surface area contributed by atoms with Crippen molar-refractivity contribution in [2.24, 2.45) is 0 Å². The van der Waals surface area contributed by atoms with E-state index in [4.69, 9.17) is 5.73 Å². The van der Waals surface area contributed by atoms with E-state index in [-0.39, 0.29) is 0 Å². The Labute approximate surface area is 113 Å². The molecular weight excluding hydrogens is 298 g/mol. The molecule has 2 aromatic rings. The number of anilines is 1. The molecule has 0 spiro atoms. The maximum absolute atomic E-state index is 5.94. The minimum absolute atomic E-state index is 0.580. The van der Waals surface area contributed by atoms with Gasteiger partial charge >= 0.3 is 0 Å². The van der Waals surface area contributed by atoms with Crippen molar-refractivity contribution in [1.82, 2.24) is 9.97 Å². The zero-order chi connectivity index (χ0) is 12.4. The molecule has 0 saturated carbocycles. The molecule has 0 aliphatic carbocycles. The summed E-state index contributed by atoms with van der Waals surface area (Å²) < 4.78 is 1.06. The zero-order valence-electron chi connectivity index (χ0n) is 9.83. The topological polar surface area (TPSA) is 51.8 Å². The van der Waals surface area contributed by atoms with Gasteiger partial charge in [-0.15, -0.1) is 0 Å². The third kappa shape index (κ3) is 2.50. The smallest absolute Gasteiger partial charge is 0.131 e. The molecule has 0 fully saturated rings. The van der Waals surface area contributed by atoms with Crippen LogP contribution in [-0.2, 0) is 6.42 Å². The average molecular weight is 312 g/mol. The minimum atomic E-state index is 0.580. The van der Waals surface area contributed by atoms with Crippen molar-refractivity contribution >= 4 is 33.1 Å². The Balaban J connectivity index is 2.56. The van der Waals surface area contributed by atoms with Gasteiger partial charge in [0.25, 0.3) is 0 Å². The Bertz CT molecular complexity index is 537. The van der Waals surface area contributed by atoms with Gasteiger partial charge < -0.3 is 5.73 Å². The number of thiophene rings is 1. The van der Waals surface area contributed by atoms with Crippen molar-refractivity contribution in [2.75, 3.05) is 5.73 Å². The highest BCUT2D eigenvalue weighted by atomic mass is 79.9. The highest BCUT2D eigenvalue weighted by Crippen LogP contribution is 2.33. The maximum Gasteiger partial charge on any atom is 0.131 e. The van der Waals surface area contributed by atoms with Crippen molar-refractivity contribution in [3.05, 3.63) is 26.6 Å². The first-order chi connectivity index (χ1) is 8.13. The summed E-state index contributed by atoms with van der Waals surface area (Å²) in [6.45, 7) is 4.07. The predicted octanol–water partition coefficient (Wildman–Crippen LogP) is 3.81. The number of rotatable bonds is 3. The lowest BCUT2D eigenvalue weighted by atomic mass is 10.1. The van der Waals surface area contributed by atoms with Crippen molar-refractivity contribution < 1.29 is 0 Å². The fourth-order valence-corrected chi connectivity index (χ4v) is 3.10. The van der Waals surface area contributed by atoms with Gasteiger partial charge in [-0.05, 0) is 29.3 Å². The molecule has 0 aliphatic rings. The molecule has 2 N–H and O–H groups in total. The third-order valence-electron chi connectivity index (χ3n) is 2.57. The van der Waals surface area contributed by atoms with E-state index in [9.17, 15) is 0 Å². The standard InChI is InChI=1S/C12H14BrN3S/c1-3-4-10-15-11(7(2)12(14)16-10)8-5-17-6-9(8)13/h5-6H,3-4H2,1-2H3,(H2,14,15,16). The Hall–Kier alpha value is -0.940. The molecule has 2 aromatic heterocycles. The summed E-state index contributed by atoms with van der Waals surface area (Å²) in [5.74, 6) is 1.40. The molecule has 90 valence electrons. The van der Waals surface area contributed by atoms with Gasteiger partial charge in [0.2, 0.25) is 0 Å². The van der Waals surface area contributed by atoms with Crippen LogP contribution in [0.25, 0.3) is 11.3 Å². The van der Waals surface area contributed by atoms with Gasteiger partial charge in [0.05, 0.1) is 5.69 Å². The van der Waals surface area contributed by atoms with E-state index >= 15 is 0 Å². The summed E-state index contributed by atoms with van der Waals surface area (Å²) in [5, 5.41) is 4.13. The summed E-state index contributed by atoms with van der Waals surface area (Å²) in [6, 6.07) is 0. The third-order valence-corrected chi connectivity index (χ3v) is 4.28. The molecule has 0 saturated heterocycles. The van der Waals surface area contributed by atoms with Gasteiger partial charge in [0, 0.05) is 32.8 Å². The van der Waals surface area contributed by atoms with Crippen LogP contribution < -0.4 is 5.73 Å². The van der Waals surface area contributed by atoms with E-state index in [1.165, 1.54) is 0 Å². The molecule has 2 rings (SSSR count). The fourth-order valence-electron chi connectivity index (χ4n) is 1.63. The van der Waals surface area contributed by atoms with Gasteiger partial charge in [-0.1, -0.05) is 6.92 Å². The highest BCUT2D eigenvalue weighted by Gasteiger charge is 2.13. The predicted molar refractivity (Wildman–Crippen MR) is 76.2 cm³/mol. The van der Waals surface area contributed by atoms with E-state index in [0.717, 1.165) is 40.0 Å². The van der Waals surface area contributed by atoms with Crippen LogP contribution in [0.3, 0.4) is 0 Å². The van der Waals surface area contributed by atoms with E-state index in [1.807, 2.05) is 12.3 Å². The van der Waals surface area contributed by atoms with E-state index in [0.29, 0.717) is 5.82 Å². The number of nitrogen functional groups attached to an aromatic ring is 1. The molecule has 0 aromatic carbocycles. The first-order valence-electron chi connectivity index (χ1n) is 5.48. The van der Waals surface area contributed by atoms with E-state index < -0.39 is 0 Å². The molecule has 0 amide bonds. The van der Waals surface area contributed by atoms with Gasteiger partial charge in [0.1, 0.15) is 11.6 Å². The summed E-state index contributed by atoms with van der Waals surface area (Å²) in [5.41, 5.74) is 8.93. The van der Waals surface area contributed by atoms with Crippen molar-refractivity contribution in [3.8, 4) is 11.3 Å². The van der Waals surface area contributed by atoms with Crippen LogP contribution in [0.15, 0.2) is 15.2 Å². The van der Waals surface area contributed by atoms with Crippen molar-refractivity contribution in [3.63, 3.8) is 0 Å². The lowest BCUT2D eigenvalue weighted by molar-refractivity contribution is 0.836. The molecule has 5 heteroatoms. The molecule has 0 unspecified atom stereocenters.